The summed E-state index contributed by atoms with van der Waals surface area (Å²) in [6.45, 7) is 5.80. The van der Waals surface area contributed by atoms with Gasteiger partial charge in [0.2, 0.25) is 0 Å². The topological polar surface area (TPSA) is 66.5 Å². The second-order valence-corrected chi connectivity index (χ2v) is 8.38. The van der Waals surface area contributed by atoms with E-state index in [0.29, 0.717) is 16.8 Å². The van der Waals surface area contributed by atoms with Gasteiger partial charge in [-0.1, -0.05) is 25.1 Å². The molecule has 1 heterocycles. The number of amides is 1. The molecule has 0 bridgehead atoms. The van der Waals surface area contributed by atoms with Crippen molar-refractivity contribution in [2.45, 2.75) is 38.1 Å². The highest BCUT2D eigenvalue weighted by Gasteiger charge is 2.33. The Morgan fingerprint density at radius 1 is 1.20 bits per heavy atom. The van der Waals surface area contributed by atoms with Gasteiger partial charge in [-0.25, -0.2) is 8.42 Å². The zero-order valence-corrected chi connectivity index (χ0v) is 15.6. The molecule has 0 unspecified atom stereocenters. The second kappa shape index (κ2) is 6.19. The van der Waals surface area contributed by atoms with Crippen LogP contribution >= 0.6 is 0 Å². The van der Waals surface area contributed by atoms with Gasteiger partial charge in [-0.05, 0) is 44.0 Å². The molecule has 1 atom stereocenters. The Hall–Kier alpha value is -2.34. The number of fused-ring (bicyclic) bond motifs is 3. The van der Waals surface area contributed by atoms with E-state index in [0.717, 1.165) is 17.5 Å². The zero-order chi connectivity index (χ0) is 18.4. The summed E-state index contributed by atoms with van der Waals surface area (Å²) >= 11 is 0. The third-order valence-corrected chi connectivity index (χ3v) is 6.50. The summed E-state index contributed by atoms with van der Waals surface area (Å²) in [5, 5.41) is 2.96. The van der Waals surface area contributed by atoms with Crippen molar-refractivity contribution in [2.24, 2.45) is 0 Å². The molecule has 0 fully saturated rings. The minimum atomic E-state index is -3.58. The van der Waals surface area contributed by atoms with Crippen LogP contribution in [0.15, 0.2) is 41.3 Å². The van der Waals surface area contributed by atoms with Gasteiger partial charge < -0.3 is 5.32 Å². The van der Waals surface area contributed by atoms with E-state index in [1.54, 1.807) is 37.4 Å². The predicted octanol–water partition coefficient (Wildman–Crippen LogP) is 3.33. The monoisotopic (exact) mass is 358 g/mol. The lowest BCUT2D eigenvalue weighted by Crippen LogP contribution is -2.33. The van der Waals surface area contributed by atoms with Crippen LogP contribution < -0.4 is 9.62 Å². The van der Waals surface area contributed by atoms with Gasteiger partial charge in [-0.15, -0.1) is 0 Å². The lowest BCUT2D eigenvalue weighted by Gasteiger charge is -2.31. The Balaban J connectivity index is 2.20. The maximum Gasteiger partial charge on any atom is 0.264 e. The van der Waals surface area contributed by atoms with E-state index in [9.17, 15) is 13.2 Å². The highest BCUT2D eigenvalue weighted by Crippen LogP contribution is 2.44. The summed E-state index contributed by atoms with van der Waals surface area (Å²) in [7, 11) is -2.03. The predicted molar refractivity (Wildman–Crippen MR) is 99.4 cm³/mol. The van der Waals surface area contributed by atoms with Crippen molar-refractivity contribution in [1.29, 1.82) is 0 Å². The number of anilines is 1. The number of nitrogens with zero attached hydrogens (tertiary/aromatic N) is 1. The first-order valence-corrected chi connectivity index (χ1v) is 9.75. The molecule has 1 aliphatic heterocycles. The molecule has 25 heavy (non-hydrogen) atoms. The Labute approximate surface area is 148 Å². The minimum absolute atomic E-state index is 0.0826. The molecule has 6 heteroatoms. The molecule has 1 amide bonds. The van der Waals surface area contributed by atoms with Gasteiger partial charge in [0, 0.05) is 29.8 Å². The Bertz CT molecular complexity index is 951. The van der Waals surface area contributed by atoms with Crippen molar-refractivity contribution >= 4 is 21.6 Å². The molecule has 0 saturated heterocycles. The van der Waals surface area contributed by atoms with Crippen molar-refractivity contribution in [1.82, 2.24) is 5.32 Å². The van der Waals surface area contributed by atoms with Crippen molar-refractivity contribution in [2.75, 3.05) is 11.4 Å². The fraction of sp³-hybridized carbons (Fsp3) is 0.316. The van der Waals surface area contributed by atoms with Crippen LogP contribution in [0.5, 0.6) is 0 Å². The molecule has 1 N–H and O–H groups in total. The number of rotatable bonds is 3. The molecule has 0 aliphatic carbocycles. The summed E-state index contributed by atoms with van der Waals surface area (Å²) in [5.74, 6) is -0.145. The van der Waals surface area contributed by atoms with Gasteiger partial charge >= 0.3 is 0 Å². The average Bonchev–Trinajstić information content (AvgIpc) is 2.59. The maximum absolute atomic E-state index is 12.8. The lowest BCUT2D eigenvalue weighted by molar-refractivity contribution is 0.0939. The van der Waals surface area contributed by atoms with E-state index < -0.39 is 10.0 Å². The number of benzene rings is 2. The Morgan fingerprint density at radius 3 is 2.56 bits per heavy atom. The van der Waals surface area contributed by atoms with E-state index in [1.807, 2.05) is 26.8 Å². The number of sulfonamides is 1. The van der Waals surface area contributed by atoms with Gasteiger partial charge in [-0.3, -0.25) is 9.10 Å². The van der Waals surface area contributed by atoms with Crippen LogP contribution in [0.25, 0.3) is 11.1 Å². The first kappa shape index (κ1) is 17.5. The first-order chi connectivity index (χ1) is 11.8. The van der Waals surface area contributed by atoms with E-state index in [-0.39, 0.29) is 16.8 Å². The Kier molecular flexibility index (Phi) is 4.33. The fourth-order valence-electron chi connectivity index (χ4n) is 3.12. The van der Waals surface area contributed by atoms with Crippen LogP contribution in [-0.4, -0.2) is 27.4 Å². The SMILES string of the molecule is CC[C@@H](C)NC(=O)c1cc(C)c2c(c1)-c1ccccc1S(=O)(=O)N2C. The highest BCUT2D eigenvalue weighted by atomic mass is 32.2. The van der Waals surface area contributed by atoms with E-state index in [4.69, 9.17) is 0 Å². The molecule has 132 valence electrons. The molecule has 3 rings (SSSR count). The third kappa shape index (κ3) is 2.80. The first-order valence-electron chi connectivity index (χ1n) is 8.31. The molecule has 0 radical (unpaired) electrons. The molecule has 0 saturated carbocycles. The Morgan fingerprint density at radius 2 is 1.88 bits per heavy atom. The van der Waals surface area contributed by atoms with Crippen LogP contribution in [0.1, 0.15) is 36.2 Å². The number of carbonyl (C=O) groups is 1. The zero-order valence-electron chi connectivity index (χ0n) is 14.8. The van der Waals surface area contributed by atoms with Gasteiger partial charge in [0.1, 0.15) is 0 Å². The van der Waals surface area contributed by atoms with E-state index in [2.05, 4.69) is 5.32 Å². The van der Waals surface area contributed by atoms with Crippen LogP contribution in [0.2, 0.25) is 0 Å². The summed E-state index contributed by atoms with van der Waals surface area (Å²) in [6.07, 6.45) is 0.847. The molecular formula is C19H22N2O3S. The summed E-state index contributed by atoms with van der Waals surface area (Å²) in [4.78, 5) is 12.8. The normalized spacial score (nSPS) is 15.9. The largest absolute Gasteiger partial charge is 0.350 e. The van der Waals surface area contributed by atoms with Gasteiger partial charge in [0.05, 0.1) is 10.6 Å². The molecule has 0 spiro atoms. The summed E-state index contributed by atoms with van der Waals surface area (Å²) in [5.41, 5.74) is 3.32. The van der Waals surface area contributed by atoms with Crippen LogP contribution in [0, 0.1) is 6.92 Å². The number of nitrogens with one attached hydrogen (secondary N) is 1. The van der Waals surface area contributed by atoms with Gasteiger partial charge in [-0.2, -0.15) is 0 Å². The van der Waals surface area contributed by atoms with Gasteiger partial charge in [0.25, 0.3) is 15.9 Å². The van der Waals surface area contributed by atoms with Gasteiger partial charge in [0.15, 0.2) is 0 Å². The number of aryl methyl sites for hydroxylation is 1. The van der Waals surface area contributed by atoms with Crippen LogP contribution in [0.3, 0.4) is 0 Å². The quantitative estimate of drug-likeness (QED) is 0.915. The number of hydrogen-bond acceptors (Lipinski definition) is 3. The lowest BCUT2D eigenvalue weighted by atomic mass is 9.96. The van der Waals surface area contributed by atoms with Crippen LogP contribution in [0.4, 0.5) is 5.69 Å². The molecule has 5 nitrogen and oxygen atoms in total. The minimum Gasteiger partial charge on any atom is -0.350 e. The third-order valence-electron chi connectivity index (χ3n) is 4.68. The second-order valence-electron chi connectivity index (χ2n) is 6.44. The fourth-order valence-corrected chi connectivity index (χ4v) is 4.61. The molecular weight excluding hydrogens is 336 g/mol. The number of hydrogen-bond donors (Lipinski definition) is 1. The smallest absolute Gasteiger partial charge is 0.264 e. The summed E-state index contributed by atoms with van der Waals surface area (Å²) < 4.78 is 26.8. The van der Waals surface area contributed by atoms with Crippen molar-refractivity contribution < 1.29 is 13.2 Å². The summed E-state index contributed by atoms with van der Waals surface area (Å²) in [6, 6.07) is 10.5. The highest BCUT2D eigenvalue weighted by molar-refractivity contribution is 7.93. The standard InChI is InChI=1S/C19H22N2O3S/c1-5-13(3)20-19(22)14-10-12(2)18-16(11-14)15-8-6-7-9-17(15)25(23,24)21(18)4/h6-11,13H,5H2,1-4H3,(H,20,22)/t13-/m1/s1. The van der Waals surface area contributed by atoms with Crippen molar-refractivity contribution in [3.05, 3.63) is 47.5 Å². The van der Waals surface area contributed by atoms with E-state index >= 15 is 0 Å². The molecule has 1 aliphatic rings. The molecule has 0 aromatic heterocycles. The van der Waals surface area contributed by atoms with Crippen molar-refractivity contribution in [3.8, 4) is 11.1 Å². The van der Waals surface area contributed by atoms with E-state index in [1.165, 1.54) is 4.31 Å². The average molecular weight is 358 g/mol. The van der Waals surface area contributed by atoms with Crippen LogP contribution in [-0.2, 0) is 10.0 Å². The molecule has 2 aromatic rings. The number of carbonyl (C=O) groups excluding carboxylic acids is 1. The maximum atomic E-state index is 12.8. The molecule has 2 aromatic carbocycles. The van der Waals surface area contributed by atoms with Crippen molar-refractivity contribution in [3.63, 3.8) is 0 Å².